The third-order valence-electron chi connectivity index (χ3n) is 2.56. The number of hydrogen-bond acceptors (Lipinski definition) is 3. The summed E-state index contributed by atoms with van der Waals surface area (Å²) in [7, 11) is 0. The molecule has 1 aliphatic rings. The van der Waals surface area contributed by atoms with Gasteiger partial charge in [0.2, 0.25) is 0 Å². The molecule has 1 aliphatic heterocycles. The number of β-amino-alcohol motifs (C(OH)–C–C–N with tert-alkyl or cyclic N) is 1. The molecule has 16 heavy (non-hydrogen) atoms. The van der Waals surface area contributed by atoms with Crippen LogP contribution >= 0.6 is 0 Å². The van der Waals surface area contributed by atoms with Crippen molar-refractivity contribution in [2.75, 3.05) is 13.1 Å². The Morgan fingerprint density at radius 2 is 2.19 bits per heavy atom. The van der Waals surface area contributed by atoms with Crippen molar-refractivity contribution < 1.29 is 18.6 Å². The van der Waals surface area contributed by atoms with Gasteiger partial charge in [-0.05, 0) is 17.7 Å². The summed E-state index contributed by atoms with van der Waals surface area (Å²) in [6, 6.07) is 6.43. The summed E-state index contributed by atoms with van der Waals surface area (Å²) in [6.45, 7) is -1.75. The maximum absolute atomic E-state index is 12.0. The van der Waals surface area contributed by atoms with Crippen LogP contribution in [0.4, 0.5) is 8.78 Å². The number of rotatable bonds is 4. The topological polar surface area (TPSA) is 41.5 Å². The van der Waals surface area contributed by atoms with E-state index in [1.807, 2.05) is 0 Å². The first-order chi connectivity index (χ1) is 7.57. The van der Waals surface area contributed by atoms with Gasteiger partial charge in [-0.2, -0.15) is 8.78 Å². The largest absolute Gasteiger partial charge is 0.435 e. The lowest BCUT2D eigenvalue weighted by Gasteiger charge is -2.37. The fraction of sp³-hybridized carbons (Fsp3) is 0.455. The minimum atomic E-state index is -2.82. The number of aliphatic hydroxyl groups is 1. The number of nitrogens with one attached hydrogen (secondary N) is 1. The Morgan fingerprint density at radius 1 is 1.44 bits per heavy atom. The molecule has 0 amide bonds. The molecule has 1 fully saturated rings. The molecule has 0 aliphatic carbocycles. The lowest BCUT2D eigenvalue weighted by atomic mass is 9.89. The van der Waals surface area contributed by atoms with E-state index in [2.05, 4.69) is 10.1 Å². The van der Waals surface area contributed by atoms with Gasteiger partial charge in [-0.25, -0.2) is 0 Å². The van der Waals surface area contributed by atoms with E-state index in [1.54, 1.807) is 12.1 Å². The van der Waals surface area contributed by atoms with E-state index < -0.39 is 12.2 Å². The molecule has 88 valence electrons. The molecule has 2 N–H and O–H groups in total. The average Bonchev–Trinajstić information content (AvgIpc) is 2.14. The first-order valence-electron chi connectivity index (χ1n) is 5.04. The van der Waals surface area contributed by atoms with Crippen molar-refractivity contribution >= 4 is 0 Å². The number of ether oxygens (including phenoxy) is 1. The molecule has 0 saturated carbocycles. The van der Waals surface area contributed by atoms with E-state index in [0.717, 1.165) is 5.56 Å². The van der Waals surface area contributed by atoms with Gasteiger partial charge in [-0.1, -0.05) is 12.1 Å². The predicted octanol–water partition coefficient (Wildman–Crippen LogP) is 1.16. The molecule has 3 nitrogen and oxygen atoms in total. The second-order valence-corrected chi connectivity index (χ2v) is 4.03. The van der Waals surface area contributed by atoms with Gasteiger partial charge in [0.25, 0.3) is 0 Å². The molecule has 1 heterocycles. The second-order valence-electron chi connectivity index (χ2n) is 4.03. The molecule has 0 aromatic heterocycles. The zero-order chi connectivity index (χ0) is 11.6. The molecule has 2 rings (SSSR count). The van der Waals surface area contributed by atoms with Crippen LogP contribution in [-0.2, 0) is 6.42 Å². The van der Waals surface area contributed by atoms with Gasteiger partial charge >= 0.3 is 6.61 Å². The summed E-state index contributed by atoms with van der Waals surface area (Å²) in [5.74, 6) is 0.128. The monoisotopic (exact) mass is 229 g/mol. The van der Waals surface area contributed by atoms with Crippen molar-refractivity contribution in [3.05, 3.63) is 29.8 Å². The van der Waals surface area contributed by atoms with Gasteiger partial charge in [-0.15, -0.1) is 0 Å². The summed E-state index contributed by atoms with van der Waals surface area (Å²) in [5.41, 5.74) is 0.0471. The minimum Gasteiger partial charge on any atom is -0.435 e. The highest BCUT2D eigenvalue weighted by atomic mass is 19.3. The van der Waals surface area contributed by atoms with Crippen molar-refractivity contribution in [1.29, 1.82) is 0 Å². The summed E-state index contributed by atoms with van der Waals surface area (Å²) < 4.78 is 28.3. The second kappa shape index (κ2) is 4.35. The van der Waals surface area contributed by atoms with Crippen LogP contribution in [-0.4, -0.2) is 30.4 Å². The highest BCUT2D eigenvalue weighted by Gasteiger charge is 2.34. The van der Waals surface area contributed by atoms with E-state index in [0.29, 0.717) is 19.5 Å². The third-order valence-corrected chi connectivity index (χ3v) is 2.56. The molecule has 1 aromatic rings. The van der Waals surface area contributed by atoms with E-state index in [9.17, 15) is 13.9 Å². The fourth-order valence-corrected chi connectivity index (χ4v) is 1.75. The molecule has 0 bridgehead atoms. The van der Waals surface area contributed by atoms with Gasteiger partial charge in [0.1, 0.15) is 5.75 Å². The number of benzene rings is 1. The molecule has 0 spiro atoms. The molecule has 0 radical (unpaired) electrons. The molecule has 0 atom stereocenters. The van der Waals surface area contributed by atoms with Crippen molar-refractivity contribution in [3.63, 3.8) is 0 Å². The fourth-order valence-electron chi connectivity index (χ4n) is 1.75. The first-order valence-corrected chi connectivity index (χ1v) is 5.04. The molecule has 1 aromatic carbocycles. The Kier molecular flexibility index (Phi) is 3.07. The zero-order valence-corrected chi connectivity index (χ0v) is 8.62. The normalized spacial score (nSPS) is 18.2. The zero-order valence-electron chi connectivity index (χ0n) is 8.62. The Bertz CT molecular complexity index is 367. The molecular weight excluding hydrogens is 216 g/mol. The first kappa shape index (κ1) is 11.3. The quantitative estimate of drug-likeness (QED) is 0.814. The van der Waals surface area contributed by atoms with Crippen LogP contribution in [0, 0.1) is 0 Å². The highest BCUT2D eigenvalue weighted by Crippen LogP contribution is 2.22. The van der Waals surface area contributed by atoms with Crippen LogP contribution < -0.4 is 10.1 Å². The number of halogens is 2. The van der Waals surface area contributed by atoms with Gasteiger partial charge < -0.3 is 15.2 Å². The van der Waals surface area contributed by atoms with Gasteiger partial charge in [0, 0.05) is 19.5 Å². The Hall–Kier alpha value is -1.20. The Balaban J connectivity index is 2.04. The van der Waals surface area contributed by atoms with E-state index in [-0.39, 0.29) is 5.75 Å². The SMILES string of the molecule is OC1(Cc2cccc(OC(F)F)c2)CNC1. The summed E-state index contributed by atoms with van der Waals surface area (Å²) in [5, 5.41) is 12.9. The van der Waals surface area contributed by atoms with Crippen molar-refractivity contribution in [3.8, 4) is 5.75 Å². The highest BCUT2D eigenvalue weighted by molar-refractivity contribution is 5.30. The van der Waals surface area contributed by atoms with Crippen molar-refractivity contribution in [2.24, 2.45) is 0 Å². The summed E-state index contributed by atoms with van der Waals surface area (Å²) in [6.07, 6.45) is 0.445. The summed E-state index contributed by atoms with van der Waals surface area (Å²) >= 11 is 0. The predicted molar refractivity (Wildman–Crippen MR) is 54.6 cm³/mol. The van der Waals surface area contributed by atoms with Gasteiger partial charge in [0.15, 0.2) is 0 Å². The van der Waals surface area contributed by atoms with Crippen LogP contribution in [0.2, 0.25) is 0 Å². The molecule has 5 heteroatoms. The number of alkyl halides is 2. The standard InChI is InChI=1S/C11H13F2NO2/c12-10(13)16-9-3-1-2-8(4-9)5-11(15)6-14-7-11/h1-4,10,14-15H,5-7H2. The van der Waals surface area contributed by atoms with Crippen LogP contribution in [0.25, 0.3) is 0 Å². The molecular formula is C11H13F2NO2. The van der Waals surface area contributed by atoms with E-state index in [4.69, 9.17) is 0 Å². The Morgan fingerprint density at radius 3 is 2.75 bits per heavy atom. The lowest BCUT2D eigenvalue weighted by molar-refractivity contribution is -0.0499. The van der Waals surface area contributed by atoms with Crippen LogP contribution in [0.15, 0.2) is 24.3 Å². The van der Waals surface area contributed by atoms with Gasteiger partial charge in [0.05, 0.1) is 5.60 Å². The van der Waals surface area contributed by atoms with E-state index in [1.165, 1.54) is 12.1 Å². The third kappa shape index (κ3) is 2.68. The van der Waals surface area contributed by atoms with E-state index >= 15 is 0 Å². The van der Waals surface area contributed by atoms with Crippen LogP contribution in [0.5, 0.6) is 5.75 Å². The maximum Gasteiger partial charge on any atom is 0.387 e. The van der Waals surface area contributed by atoms with Crippen LogP contribution in [0.1, 0.15) is 5.56 Å². The number of hydrogen-bond donors (Lipinski definition) is 2. The minimum absolute atomic E-state index is 0.128. The summed E-state index contributed by atoms with van der Waals surface area (Å²) in [4.78, 5) is 0. The Labute approximate surface area is 92.0 Å². The smallest absolute Gasteiger partial charge is 0.387 e. The lowest BCUT2D eigenvalue weighted by Crippen LogP contribution is -2.60. The molecule has 0 unspecified atom stereocenters. The van der Waals surface area contributed by atoms with Crippen molar-refractivity contribution in [1.82, 2.24) is 5.32 Å². The van der Waals surface area contributed by atoms with Crippen molar-refractivity contribution in [2.45, 2.75) is 18.6 Å². The maximum atomic E-state index is 12.0. The molecule has 1 saturated heterocycles. The van der Waals surface area contributed by atoms with Gasteiger partial charge in [-0.3, -0.25) is 0 Å². The average molecular weight is 229 g/mol. The van der Waals surface area contributed by atoms with Crippen LogP contribution in [0.3, 0.4) is 0 Å².